The number of rotatable bonds is 13. The second-order valence-corrected chi connectivity index (χ2v) is 18.4. The minimum Gasteiger partial charge on any atom is -0.497 e. The van der Waals surface area contributed by atoms with Gasteiger partial charge >= 0.3 is 6.09 Å². The zero-order valence-corrected chi connectivity index (χ0v) is 34.4. The zero-order chi connectivity index (χ0) is 41.1. The first-order valence-corrected chi connectivity index (χ1v) is 21.7. The van der Waals surface area contributed by atoms with E-state index in [0.29, 0.717) is 40.9 Å². The second-order valence-electron chi connectivity index (χ2n) is 16.6. The number of carbonyl (C=O) groups is 4. The highest BCUT2D eigenvalue weighted by Crippen LogP contribution is 2.46. The number of nitrogens with zero attached hydrogens (tertiary/aromatic N) is 2. The van der Waals surface area contributed by atoms with Gasteiger partial charge in [-0.3, -0.25) is 19.1 Å². The van der Waals surface area contributed by atoms with E-state index in [1.54, 1.807) is 33.9 Å². The summed E-state index contributed by atoms with van der Waals surface area (Å²) in [5.41, 5.74) is -0.131. The Bertz CT molecular complexity index is 2080. The van der Waals surface area contributed by atoms with E-state index in [1.807, 2.05) is 60.2 Å². The molecule has 5 atom stereocenters. The highest BCUT2D eigenvalue weighted by molar-refractivity contribution is 7.89. The summed E-state index contributed by atoms with van der Waals surface area (Å²) in [6.45, 7) is 7.08. The molecule has 308 valence electrons. The Labute approximate surface area is 334 Å². The van der Waals surface area contributed by atoms with E-state index in [1.165, 1.54) is 4.90 Å². The zero-order valence-electron chi connectivity index (χ0n) is 33.6. The SMILES string of the molecule is CCC1CC1(NC(=O)[C@@H]1C[C@@H](Oc2cc(-c3ccccc3)nc3cc(OC)ccc23)CN1C(=O)[C@H](CC1CCCCC1)NC(=O)OC(C)(C)C)C(=O)NS(C)(=O)=O. The predicted molar refractivity (Wildman–Crippen MR) is 215 cm³/mol. The maximum Gasteiger partial charge on any atom is 0.408 e. The summed E-state index contributed by atoms with van der Waals surface area (Å²) < 4.78 is 44.0. The Balaban J connectivity index is 1.35. The van der Waals surface area contributed by atoms with Crippen LogP contribution in [-0.2, 0) is 29.1 Å². The number of amides is 4. The Morgan fingerprint density at radius 3 is 2.37 bits per heavy atom. The Hall–Kier alpha value is -4.92. The molecule has 0 bridgehead atoms. The molecule has 1 saturated heterocycles. The predicted octanol–water partition coefficient (Wildman–Crippen LogP) is 5.48. The van der Waals surface area contributed by atoms with Crippen LogP contribution in [0.15, 0.2) is 54.6 Å². The number of likely N-dealkylation sites (tertiary alicyclic amines) is 1. The van der Waals surface area contributed by atoms with Gasteiger partial charge in [0.2, 0.25) is 21.8 Å². The summed E-state index contributed by atoms with van der Waals surface area (Å²) in [4.78, 5) is 62.2. The van der Waals surface area contributed by atoms with Crippen LogP contribution in [0.2, 0.25) is 0 Å². The molecule has 1 aliphatic heterocycles. The lowest BCUT2D eigenvalue weighted by atomic mass is 9.84. The molecule has 4 amide bonds. The number of aromatic nitrogens is 1. The first-order chi connectivity index (χ1) is 27.0. The van der Waals surface area contributed by atoms with E-state index < -0.39 is 63.2 Å². The van der Waals surface area contributed by atoms with Crippen LogP contribution in [0, 0.1) is 11.8 Å². The van der Waals surface area contributed by atoms with E-state index in [-0.39, 0.29) is 31.2 Å². The third-order valence-electron chi connectivity index (χ3n) is 11.1. The number of benzene rings is 2. The lowest BCUT2D eigenvalue weighted by molar-refractivity contribution is -0.141. The van der Waals surface area contributed by atoms with Crippen molar-refractivity contribution in [2.75, 3.05) is 19.9 Å². The fraction of sp³-hybridized carbons (Fsp3) is 0.548. The molecule has 57 heavy (non-hydrogen) atoms. The Morgan fingerprint density at radius 1 is 1.02 bits per heavy atom. The van der Waals surface area contributed by atoms with Crippen LogP contribution in [-0.4, -0.2) is 91.4 Å². The summed E-state index contributed by atoms with van der Waals surface area (Å²) in [6, 6.07) is 14.8. The molecule has 15 heteroatoms. The van der Waals surface area contributed by atoms with Gasteiger partial charge in [0.1, 0.15) is 40.8 Å². The van der Waals surface area contributed by atoms with Crippen molar-refractivity contribution in [3.63, 3.8) is 0 Å². The van der Waals surface area contributed by atoms with Crippen molar-refractivity contribution in [3.8, 4) is 22.8 Å². The smallest absolute Gasteiger partial charge is 0.408 e. The van der Waals surface area contributed by atoms with Gasteiger partial charge in [-0.05, 0) is 57.6 Å². The lowest BCUT2D eigenvalue weighted by Gasteiger charge is -2.32. The van der Waals surface area contributed by atoms with Crippen LogP contribution in [0.1, 0.15) is 85.5 Å². The Morgan fingerprint density at radius 2 is 1.74 bits per heavy atom. The summed E-state index contributed by atoms with van der Waals surface area (Å²) in [6.07, 6.45) is 5.62. The molecule has 1 aromatic heterocycles. The highest BCUT2D eigenvalue weighted by Gasteiger charge is 2.61. The quantitative estimate of drug-likeness (QED) is 0.200. The van der Waals surface area contributed by atoms with Gasteiger partial charge in [-0.25, -0.2) is 18.2 Å². The first-order valence-electron chi connectivity index (χ1n) is 19.8. The molecule has 0 spiro atoms. The van der Waals surface area contributed by atoms with Gasteiger partial charge in [-0.1, -0.05) is 75.8 Å². The molecule has 2 saturated carbocycles. The van der Waals surface area contributed by atoms with Gasteiger partial charge in [0, 0.05) is 29.5 Å². The second kappa shape index (κ2) is 16.9. The number of hydrogen-bond donors (Lipinski definition) is 3. The monoisotopic (exact) mass is 805 g/mol. The number of ether oxygens (including phenoxy) is 3. The number of hydrogen-bond acceptors (Lipinski definition) is 10. The van der Waals surface area contributed by atoms with Crippen molar-refractivity contribution < 1.29 is 41.8 Å². The third kappa shape index (κ3) is 10.2. The molecule has 14 nitrogen and oxygen atoms in total. The number of carbonyl (C=O) groups excluding carboxylic acids is 4. The van der Waals surface area contributed by atoms with Gasteiger partial charge in [-0.2, -0.15) is 0 Å². The molecule has 2 unspecified atom stereocenters. The Kier molecular flexibility index (Phi) is 12.4. The molecule has 3 aliphatic rings. The standard InChI is InChI=1S/C42H55N5O9S/c1-7-28-24-42(28,39(50)46-57(6,52)53)45-37(48)35-22-30(25-47(35)38(49)34(20-26-14-10-8-11-15-26)44-40(51)56-41(2,3)4)55-36-23-32(27-16-12-9-13-17-27)43-33-21-29(54-5)18-19-31(33)36/h9,12-13,16-19,21,23,26,28,30,34-35H,7-8,10-11,14-15,20,22,24-25H2,1-6H3,(H,44,51)(H,45,48)(H,46,50)/t28?,30-,34+,35+,42?/m1/s1. The molecular weight excluding hydrogens is 751 g/mol. The van der Waals surface area contributed by atoms with Crippen LogP contribution in [0.25, 0.3) is 22.2 Å². The first kappa shape index (κ1) is 41.7. The van der Waals surface area contributed by atoms with Gasteiger partial charge < -0.3 is 29.7 Å². The van der Waals surface area contributed by atoms with Crippen LogP contribution < -0.4 is 24.8 Å². The van der Waals surface area contributed by atoms with Gasteiger partial charge in [0.25, 0.3) is 5.91 Å². The van der Waals surface area contributed by atoms with Crippen LogP contribution in [0.4, 0.5) is 4.79 Å². The van der Waals surface area contributed by atoms with Crippen LogP contribution >= 0.6 is 0 Å². The topological polar surface area (TPSA) is 182 Å². The highest BCUT2D eigenvalue weighted by atomic mass is 32.2. The third-order valence-corrected chi connectivity index (χ3v) is 11.7. The van der Waals surface area contributed by atoms with Gasteiger partial charge in [0.15, 0.2) is 0 Å². The molecule has 2 heterocycles. The molecule has 3 aromatic rings. The average Bonchev–Trinajstić information content (AvgIpc) is 3.72. The van der Waals surface area contributed by atoms with Crippen molar-refractivity contribution in [2.45, 2.75) is 115 Å². The van der Waals surface area contributed by atoms with Gasteiger partial charge in [-0.15, -0.1) is 0 Å². The summed E-state index contributed by atoms with van der Waals surface area (Å²) in [7, 11) is -2.34. The van der Waals surface area contributed by atoms with Crippen molar-refractivity contribution in [2.24, 2.45) is 11.8 Å². The normalized spacial score (nSPS) is 23.0. The summed E-state index contributed by atoms with van der Waals surface area (Å²) >= 11 is 0. The maximum atomic E-state index is 14.8. The molecule has 2 aliphatic carbocycles. The molecule has 3 fully saturated rings. The van der Waals surface area contributed by atoms with Gasteiger partial charge in [0.05, 0.1) is 31.1 Å². The van der Waals surface area contributed by atoms with Crippen molar-refractivity contribution >= 4 is 44.7 Å². The number of nitrogens with one attached hydrogen (secondary N) is 3. The number of pyridine rings is 1. The van der Waals surface area contributed by atoms with E-state index >= 15 is 0 Å². The van der Waals surface area contributed by atoms with Crippen molar-refractivity contribution in [1.82, 2.24) is 25.2 Å². The number of alkyl carbamates (subject to hydrolysis) is 1. The summed E-state index contributed by atoms with van der Waals surface area (Å²) in [5, 5.41) is 6.39. The van der Waals surface area contributed by atoms with Crippen LogP contribution in [0.5, 0.6) is 11.5 Å². The molecule has 3 N–H and O–H groups in total. The minimum atomic E-state index is -3.92. The van der Waals surface area contributed by atoms with E-state index in [9.17, 15) is 27.6 Å². The maximum absolute atomic E-state index is 14.8. The van der Waals surface area contributed by atoms with Crippen LogP contribution in [0.3, 0.4) is 0 Å². The molecule has 0 radical (unpaired) electrons. The average molecular weight is 806 g/mol. The van der Waals surface area contributed by atoms with Crippen molar-refractivity contribution in [1.29, 1.82) is 0 Å². The summed E-state index contributed by atoms with van der Waals surface area (Å²) in [5.74, 6) is -0.917. The number of fused-ring (bicyclic) bond motifs is 1. The fourth-order valence-electron chi connectivity index (χ4n) is 8.21. The van der Waals surface area contributed by atoms with Crippen molar-refractivity contribution in [3.05, 3.63) is 54.6 Å². The van der Waals surface area contributed by atoms with E-state index in [2.05, 4.69) is 10.6 Å². The fourth-order valence-corrected chi connectivity index (χ4v) is 8.73. The largest absolute Gasteiger partial charge is 0.497 e. The molecule has 2 aromatic carbocycles. The number of sulfonamides is 1. The van der Waals surface area contributed by atoms with E-state index in [4.69, 9.17) is 19.2 Å². The van der Waals surface area contributed by atoms with E-state index in [0.717, 1.165) is 43.9 Å². The number of methoxy groups -OCH3 is 1. The minimum absolute atomic E-state index is 0.00549. The lowest BCUT2D eigenvalue weighted by Crippen LogP contribution is -2.58. The molecule has 6 rings (SSSR count). The molecular formula is C42H55N5O9S.